The van der Waals surface area contributed by atoms with Crippen LogP contribution in [0.3, 0.4) is 0 Å². The van der Waals surface area contributed by atoms with E-state index in [1.165, 1.54) is 25.3 Å². The molecule has 0 aliphatic carbocycles. The molecule has 0 heterocycles. The number of nitro benzene ring substituents is 2. The molecule has 1 amide bonds. The Morgan fingerprint density at radius 3 is 2.03 bits per heavy atom. The van der Waals surface area contributed by atoms with E-state index < -0.39 is 42.2 Å². The number of hydrogen-bond acceptors (Lipinski definition) is 8. The van der Waals surface area contributed by atoms with Crippen LogP contribution in [-0.2, 0) is 9.84 Å². The molecular weight excluding hydrogens is 430 g/mol. The molecule has 31 heavy (non-hydrogen) atoms. The van der Waals surface area contributed by atoms with Crippen molar-refractivity contribution in [2.45, 2.75) is 36.8 Å². The van der Waals surface area contributed by atoms with E-state index in [4.69, 9.17) is 4.74 Å². The van der Waals surface area contributed by atoms with Crippen molar-refractivity contribution in [1.82, 2.24) is 0 Å². The van der Waals surface area contributed by atoms with Gasteiger partial charge in [0.05, 0.1) is 44.4 Å². The van der Waals surface area contributed by atoms with E-state index in [0.717, 1.165) is 18.2 Å². The van der Waals surface area contributed by atoms with Crippen LogP contribution in [-0.4, -0.2) is 36.5 Å². The van der Waals surface area contributed by atoms with Gasteiger partial charge in [-0.3, -0.25) is 25.0 Å². The van der Waals surface area contributed by atoms with E-state index in [2.05, 4.69) is 5.32 Å². The van der Waals surface area contributed by atoms with Crippen molar-refractivity contribution < 1.29 is 27.8 Å². The lowest BCUT2D eigenvalue weighted by molar-refractivity contribution is -0.394. The summed E-state index contributed by atoms with van der Waals surface area (Å²) in [5.74, 6) is -0.751. The van der Waals surface area contributed by atoms with E-state index in [1.807, 2.05) is 0 Å². The third-order valence-corrected chi connectivity index (χ3v) is 7.14. The van der Waals surface area contributed by atoms with E-state index in [-0.39, 0.29) is 21.9 Å². The maximum absolute atomic E-state index is 12.8. The molecule has 11 nitrogen and oxygen atoms in total. The minimum absolute atomic E-state index is 0.00805. The lowest BCUT2D eigenvalue weighted by atomic mass is 10.1. The zero-order valence-corrected chi connectivity index (χ0v) is 17.8. The number of sulfone groups is 1. The first-order valence-electron chi connectivity index (χ1n) is 9.22. The monoisotopic (exact) mass is 451 g/mol. The normalized spacial score (nSPS) is 11.2. The fourth-order valence-corrected chi connectivity index (χ4v) is 4.82. The number of rotatable bonds is 9. The van der Waals surface area contributed by atoms with E-state index >= 15 is 0 Å². The van der Waals surface area contributed by atoms with Gasteiger partial charge in [0.25, 0.3) is 17.3 Å². The molecule has 0 saturated carbocycles. The Morgan fingerprint density at radius 2 is 1.58 bits per heavy atom. The number of carbonyl (C=O) groups is 1. The minimum Gasteiger partial charge on any atom is -0.495 e. The van der Waals surface area contributed by atoms with E-state index in [1.54, 1.807) is 13.8 Å². The average Bonchev–Trinajstić information content (AvgIpc) is 2.73. The number of anilines is 1. The number of ether oxygens (including phenoxy) is 1. The third-order valence-electron chi connectivity index (χ3n) is 4.68. The second kappa shape index (κ2) is 9.51. The van der Waals surface area contributed by atoms with Crippen LogP contribution in [0, 0.1) is 20.2 Å². The van der Waals surface area contributed by atoms with Crippen molar-refractivity contribution in [2.75, 3.05) is 12.4 Å². The Kier molecular flexibility index (Phi) is 7.28. The summed E-state index contributed by atoms with van der Waals surface area (Å²) in [6, 6.07) is 6.48. The Labute approximate surface area is 178 Å². The van der Waals surface area contributed by atoms with Gasteiger partial charge >= 0.3 is 0 Å². The second-order valence-corrected chi connectivity index (χ2v) is 8.78. The standard InChI is InChI=1S/C19H21N3O8S/c1-4-15(5-2)31(28,29)16-6-7-18(30-3)17(11-16)20-19(23)12-8-13(21(24)25)10-14(9-12)22(26)27/h6-11,15H,4-5H2,1-3H3,(H,20,23). The van der Waals surface area contributed by atoms with Crippen molar-refractivity contribution in [1.29, 1.82) is 0 Å². The maximum atomic E-state index is 12.8. The number of benzene rings is 2. The maximum Gasteiger partial charge on any atom is 0.277 e. The van der Waals surface area contributed by atoms with Crippen LogP contribution in [0.2, 0.25) is 0 Å². The summed E-state index contributed by atoms with van der Waals surface area (Å²) < 4.78 is 30.8. The summed E-state index contributed by atoms with van der Waals surface area (Å²) in [5.41, 5.74) is -1.59. The molecule has 0 spiro atoms. The number of hydrogen-bond donors (Lipinski definition) is 1. The molecule has 0 fully saturated rings. The Hall–Kier alpha value is -3.54. The van der Waals surface area contributed by atoms with Crippen LogP contribution < -0.4 is 10.1 Å². The second-order valence-electron chi connectivity index (χ2n) is 6.55. The summed E-state index contributed by atoms with van der Waals surface area (Å²) in [6.07, 6.45) is 0.813. The molecule has 0 aliphatic heterocycles. The molecule has 0 unspecified atom stereocenters. The van der Waals surface area contributed by atoms with Crippen molar-refractivity contribution in [2.24, 2.45) is 0 Å². The van der Waals surface area contributed by atoms with Crippen molar-refractivity contribution in [3.05, 3.63) is 62.2 Å². The topological polar surface area (TPSA) is 159 Å². The van der Waals surface area contributed by atoms with Crippen LogP contribution in [0.25, 0.3) is 0 Å². The summed E-state index contributed by atoms with van der Waals surface area (Å²) in [6.45, 7) is 3.51. The molecule has 0 atom stereocenters. The Bertz CT molecular complexity index is 1090. The number of non-ortho nitro benzene ring substituents is 2. The number of methoxy groups -OCH3 is 1. The fourth-order valence-electron chi connectivity index (χ4n) is 3.01. The molecule has 0 bridgehead atoms. The molecular formula is C19H21N3O8S. The van der Waals surface area contributed by atoms with E-state index in [0.29, 0.717) is 12.8 Å². The average molecular weight is 451 g/mol. The van der Waals surface area contributed by atoms with Crippen LogP contribution in [0.1, 0.15) is 37.0 Å². The molecule has 12 heteroatoms. The third kappa shape index (κ3) is 5.15. The molecule has 166 valence electrons. The van der Waals surface area contributed by atoms with E-state index in [9.17, 15) is 33.4 Å². The predicted molar refractivity (Wildman–Crippen MR) is 112 cm³/mol. The van der Waals surface area contributed by atoms with Gasteiger partial charge in [0.2, 0.25) is 0 Å². The van der Waals surface area contributed by atoms with Crippen molar-refractivity contribution in [3.63, 3.8) is 0 Å². The summed E-state index contributed by atoms with van der Waals surface area (Å²) >= 11 is 0. The molecule has 0 radical (unpaired) electrons. The predicted octanol–water partition coefficient (Wildman–Crippen LogP) is 3.73. The van der Waals surface area contributed by atoms with Crippen molar-refractivity contribution in [3.8, 4) is 5.75 Å². The Balaban J connectivity index is 2.50. The van der Waals surface area contributed by atoms with Gasteiger partial charge in [-0.25, -0.2) is 8.42 Å². The summed E-state index contributed by atoms with van der Waals surface area (Å²) in [5, 5.41) is 23.9. The van der Waals surface area contributed by atoms with Crippen LogP contribution in [0.5, 0.6) is 5.75 Å². The quantitative estimate of drug-likeness (QED) is 0.446. The first-order valence-corrected chi connectivity index (χ1v) is 10.8. The SMILES string of the molecule is CCC(CC)S(=O)(=O)c1ccc(OC)c(NC(=O)c2cc([N+](=O)[O-])cc([N+](=O)[O-])c2)c1. The summed E-state index contributed by atoms with van der Waals surface area (Å²) in [7, 11) is -2.35. The van der Waals surface area contributed by atoms with Gasteiger partial charge in [0.15, 0.2) is 9.84 Å². The first kappa shape index (κ1) is 23.7. The van der Waals surface area contributed by atoms with Crippen LogP contribution in [0.15, 0.2) is 41.3 Å². The number of nitrogens with zero attached hydrogens (tertiary/aromatic N) is 2. The van der Waals surface area contributed by atoms with Crippen LogP contribution in [0.4, 0.5) is 17.1 Å². The molecule has 2 aromatic rings. The molecule has 0 aromatic heterocycles. The fraction of sp³-hybridized carbons (Fsp3) is 0.316. The number of amides is 1. The number of nitrogens with one attached hydrogen (secondary N) is 1. The summed E-state index contributed by atoms with van der Waals surface area (Å²) in [4.78, 5) is 33.0. The molecule has 0 saturated heterocycles. The highest BCUT2D eigenvalue weighted by atomic mass is 32.2. The lowest BCUT2D eigenvalue weighted by Crippen LogP contribution is -2.20. The van der Waals surface area contributed by atoms with Gasteiger partial charge in [0.1, 0.15) is 5.75 Å². The smallest absolute Gasteiger partial charge is 0.277 e. The first-order chi connectivity index (χ1) is 14.5. The highest BCUT2D eigenvalue weighted by Crippen LogP contribution is 2.31. The van der Waals surface area contributed by atoms with Gasteiger partial charge in [-0.15, -0.1) is 0 Å². The lowest BCUT2D eigenvalue weighted by Gasteiger charge is -2.16. The highest BCUT2D eigenvalue weighted by molar-refractivity contribution is 7.92. The van der Waals surface area contributed by atoms with Gasteiger partial charge in [-0.05, 0) is 31.0 Å². The molecule has 2 aromatic carbocycles. The van der Waals surface area contributed by atoms with Gasteiger partial charge in [0, 0.05) is 12.1 Å². The largest absolute Gasteiger partial charge is 0.495 e. The molecule has 0 aliphatic rings. The number of nitro groups is 2. The van der Waals surface area contributed by atoms with Gasteiger partial charge < -0.3 is 10.1 Å². The number of carbonyl (C=O) groups excluding carboxylic acids is 1. The zero-order chi connectivity index (χ0) is 23.3. The molecule has 2 rings (SSSR count). The Morgan fingerprint density at radius 1 is 1.03 bits per heavy atom. The highest BCUT2D eigenvalue weighted by Gasteiger charge is 2.26. The minimum atomic E-state index is -3.67. The molecule has 1 N–H and O–H groups in total. The zero-order valence-electron chi connectivity index (χ0n) is 17.0. The van der Waals surface area contributed by atoms with Crippen LogP contribution >= 0.6 is 0 Å². The van der Waals surface area contributed by atoms with Gasteiger partial charge in [-0.1, -0.05) is 13.8 Å². The van der Waals surface area contributed by atoms with Crippen molar-refractivity contribution >= 4 is 32.8 Å². The van der Waals surface area contributed by atoms with Gasteiger partial charge in [-0.2, -0.15) is 0 Å².